The molecule has 3 N–H and O–H groups in total. The second-order valence-electron chi connectivity index (χ2n) is 3.71. The number of carbonyl (C=O) groups is 1. The van der Waals surface area contributed by atoms with Crippen LogP contribution in [-0.2, 0) is 9.53 Å². The number of oxime groups is 1. The summed E-state index contributed by atoms with van der Waals surface area (Å²) >= 11 is 0. The number of nitrogens with zero attached hydrogens (tertiary/aromatic N) is 2. The van der Waals surface area contributed by atoms with Crippen LogP contribution in [-0.4, -0.2) is 48.2 Å². The number of nitrogens with two attached hydrogens (primary N) is 1. The molecule has 2 unspecified atom stereocenters. The molecule has 0 aromatic heterocycles. The predicted molar refractivity (Wildman–Crippen MR) is 54.6 cm³/mol. The van der Waals surface area contributed by atoms with E-state index < -0.39 is 5.92 Å². The van der Waals surface area contributed by atoms with E-state index in [1.807, 2.05) is 0 Å². The maximum atomic E-state index is 11.8. The molecule has 6 nitrogen and oxygen atoms in total. The molecule has 1 amide bonds. The summed E-state index contributed by atoms with van der Waals surface area (Å²) in [6.45, 7) is 2.86. The molecule has 0 radical (unpaired) electrons. The van der Waals surface area contributed by atoms with E-state index in [4.69, 9.17) is 15.7 Å². The Bertz CT molecular complexity index is 261. The zero-order valence-corrected chi connectivity index (χ0v) is 9.01. The molecule has 6 heteroatoms. The molecule has 1 heterocycles. The average molecular weight is 215 g/mol. The first-order valence-electron chi connectivity index (χ1n) is 4.89. The van der Waals surface area contributed by atoms with Crippen molar-refractivity contribution in [1.29, 1.82) is 0 Å². The van der Waals surface area contributed by atoms with E-state index in [1.165, 1.54) is 0 Å². The van der Waals surface area contributed by atoms with Crippen LogP contribution in [0.15, 0.2) is 5.16 Å². The number of hydrogen-bond donors (Lipinski definition) is 2. The Morgan fingerprint density at radius 1 is 1.73 bits per heavy atom. The fourth-order valence-corrected chi connectivity index (χ4v) is 1.53. The quantitative estimate of drug-likeness (QED) is 0.290. The molecule has 1 saturated heterocycles. The lowest BCUT2D eigenvalue weighted by Gasteiger charge is -2.25. The van der Waals surface area contributed by atoms with E-state index >= 15 is 0 Å². The molecule has 0 aromatic carbocycles. The van der Waals surface area contributed by atoms with Gasteiger partial charge in [0.15, 0.2) is 5.84 Å². The largest absolute Gasteiger partial charge is 0.409 e. The number of amidine groups is 1. The number of amides is 1. The van der Waals surface area contributed by atoms with E-state index in [0.29, 0.717) is 13.2 Å². The van der Waals surface area contributed by atoms with E-state index in [-0.39, 0.29) is 17.8 Å². The van der Waals surface area contributed by atoms with Crippen molar-refractivity contribution in [3.8, 4) is 0 Å². The summed E-state index contributed by atoms with van der Waals surface area (Å²) in [5.41, 5.74) is 5.38. The van der Waals surface area contributed by atoms with Gasteiger partial charge in [-0.05, 0) is 13.3 Å². The van der Waals surface area contributed by atoms with Crippen LogP contribution >= 0.6 is 0 Å². The smallest absolute Gasteiger partial charge is 0.233 e. The van der Waals surface area contributed by atoms with Crippen molar-refractivity contribution in [2.75, 3.05) is 20.3 Å². The van der Waals surface area contributed by atoms with Gasteiger partial charge < -0.3 is 20.6 Å². The summed E-state index contributed by atoms with van der Waals surface area (Å²) in [4.78, 5) is 13.4. The monoisotopic (exact) mass is 215 g/mol. The zero-order chi connectivity index (χ0) is 11.4. The Kier molecular flexibility index (Phi) is 3.90. The van der Waals surface area contributed by atoms with Crippen molar-refractivity contribution in [2.24, 2.45) is 16.8 Å². The van der Waals surface area contributed by atoms with Crippen LogP contribution < -0.4 is 5.73 Å². The Labute approximate surface area is 88.7 Å². The normalized spacial score (nSPS) is 23.9. The van der Waals surface area contributed by atoms with Gasteiger partial charge in [0.1, 0.15) is 0 Å². The number of hydrogen-bond acceptors (Lipinski definition) is 4. The fraction of sp³-hybridized carbons (Fsp3) is 0.778. The summed E-state index contributed by atoms with van der Waals surface area (Å²) in [5.74, 6) is -0.813. The third kappa shape index (κ3) is 2.59. The molecule has 1 fully saturated rings. The van der Waals surface area contributed by atoms with E-state index in [1.54, 1.807) is 18.9 Å². The highest BCUT2D eigenvalue weighted by Gasteiger charge is 2.28. The number of ether oxygens (including phenoxy) is 1. The molecule has 0 spiro atoms. The highest BCUT2D eigenvalue weighted by molar-refractivity contribution is 6.01. The molecule has 2 atom stereocenters. The Morgan fingerprint density at radius 2 is 2.40 bits per heavy atom. The zero-order valence-electron chi connectivity index (χ0n) is 9.01. The van der Waals surface area contributed by atoms with Gasteiger partial charge in [0.2, 0.25) is 5.91 Å². The molecule has 1 aliphatic heterocycles. The van der Waals surface area contributed by atoms with Crippen LogP contribution in [0.2, 0.25) is 0 Å². The van der Waals surface area contributed by atoms with Crippen molar-refractivity contribution >= 4 is 11.7 Å². The summed E-state index contributed by atoms with van der Waals surface area (Å²) < 4.78 is 5.19. The highest BCUT2D eigenvalue weighted by atomic mass is 16.5. The standard InChI is InChI=1S/C9H17N3O3/c1-6(8(10)11-14)9(13)12(2)7-3-4-15-5-7/h6-7,14H,3-5H2,1-2H3,(H2,10,11). The van der Waals surface area contributed by atoms with Crippen molar-refractivity contribution in [3.63, 3.8) is 0 Å². The summed E-state index contributed by atoms with van der Waals surface area (Å²) in [5, 5.41) is 11.3. The minimum Gasteiger partial charge on any atom is -0.409 e. The molecule has 0 saturated carbocycles. The Balaban J connectivity index is 2.58. The first kappa shape index (κ1) is 11.8. The van der Waals surface area contributed by atoms with Gasteiger partial charge in [0.05, 0.1) is 18.6 Å². The minimum absolute atomic E-state index is 0.0641. The van der Waals surface area contributed by atoms with Crippen LogP contribution in [0, 0.1) is 5.92 Å². The lowest BCUT2D eigenvalue weighted by molar-refractivity contribution is -0.133. The molecule has 0 aromatic rings. The van der Waals surface area contributed by atoms with Crippen LogP contribution in [0.1, 0.15) is 13.3 Å². The molecule has 0 bridgehead atoms. The van der Waals surface area contributed by atoms with Gasteiger partial charge in [-0.1, -0.05) is 5.16 Å². The second kappa shape index (κ2) is 4.97. The van der Waals surface area contributed by atoms with Gasteiger partial charge in [-0.15, -0.1) is 0 Å². The molecule has 15 heavy (non-hydrogen) atoms. The van der Waals surface area contributed by atoms with Gasteiger partial charge in [-0.2, -0.15) is 0 Å². The highest BCUT2D eigenvalue weighted by Crippen LogP contribution is 2.13. The van der Waals surface area contributed by atoms with Crippen LogP contribution in [0.3, 0.4) is 0 Å². The Morgan fingerprint density at radius 3 is 2.87 bits per heavy atom. The lowest BCUT2D eigenvalue weighted by Crippen LogP contribution is -2.44. The SMILES string of the molecule is CC(C(=O)N(C)C1CCOC1)C(N)=NO. The van der Waals surface area contributed by atoms with Crippen molar-refractivity contribution in [1.82, 2.24) is 4.90 Å². The third-order valence-corrected chi connectivity index (χ3v) is 2.73. The molecule has 1 aliphatic rings. The first-order chi connectivity index (χ1) is 7.07. The maximum Gasteiger partial charge on any atom is 0.233 e. The van der Waals surface area contributed by atoms with Gasteiger partial charge in [-0.25, -0.2) is 0 Å². The van der Waals surface area contributed by atoms with Crippen LogP contribution in [0.5, 0.6) is 0 Å². The van der Waals surface area contributed by atoms with Crippen molar-refractivity contribution in [3.05, 3.63) is 0 Å². The topological polar surface area (TPSA) is 88.2 Å². The van der Waals surface area contributed by atoms with E-state index in [9.17, 15) is 4.79 Å². The minimum atomic E-state index is -0.597. The van der Waals surface area contributed by atoms with Crippen LogP contribution in [0.4, 0.5) is 0 Å². The third-order valence-electron chi connectivity index (χ3n) is 2.73. The predicted octanol–water partition coefficient (Wildman–Crippen LogP) is -0.384. The number of rotatable bonds is 3. The summed E-state index contributed by atoms with van der Waals surface area (Å²) in [6, 6.07) is 0.103. The number of carbonyl (C=O) groups excluding carboxylic acids is 1. The average Bonchev–Trinajstić information content (AvgIpc) is 2.78. The molecule has 86 valence electrons. The van der Waals surface area contributed by atoms with Gasteiger partial charge >= 0.3 is 0 Å². The first-order valence-corrected chi connectivity index (χ1v) is 4.89. The fourth-order valence-electron chi connectivity index (χ4n) is 1.53. The van der Waals surface area contributed by atoms with Crippen molar-refractivity contribution in [2.45, 2.75) is 19.4 Å². The summed E-state index contributed by atoms with van der Waals surface area (Å²) in [6.07, 6.45) is 0.838. The molecule has 1 rings (SSSR count). The Hall–Kier alpha value is -1.30. The second-order valence-corrected chi connectivity index (χ2v) is 3.71. The van der Waals surface area contributed by atoms with Crippen molar-refractivity contribution < 1.29 is 14.7 Å². The van der Waals surface area contributed by atoms with E-state index in [0.717, 1.165) is 6.42 Å². The van der Waals surface area contributed by atoms with Gasteiger partial charge in [0, 0.05) is 13.7 Å². The number of likely N-dealkylation sites (N-methyl/N-ethyl adjacent to an activating group) is 1. The maximum absolute atomic E-state index is 11.8. The molecular weight excluding hydrogens is 198 g/mol. The van der Waals surface area contributed by atoms with Gasteiger partial charge in [-0.3, -0.25) is 4.79 Å². The molecule has 0 aliphatic carbocycles. The van der Waals surface area contributed by atoms with E-state index in [2.05, 4.69) is 5.16 Å². The summed E-state index contributed by atoms with van der Waals surface area (Å²) in [7, 11) is 1.71. The lowest BCUT2D eigenvalue weighted by atomic mass is 10.1. The van der Waals surface area contributed by atoms with Gasteiger partial charge in [0.25, 0.3) is 0 Å². The van der Waals surface area contributed by atoms with Crippen LogP contribution in [0.25, 0.3) is 0 Å². The molecular formula is C9H17N3O3.